The van der Waals surface area contributed by atoms with Crippen molar-refractivity contribution in [2.24, 2.45) is 0 Å². The first-order chi connectivity index (χ1) is 18.2. The Morgan fingerprint density at radius 2 is 2.13 bits per heavy atom. The smallest absolute Gasteiger partial charge is 0.343 e. The van der Waals surface area contributed by atoms with Crippen LogP contribution in [0.25, 0.3) is 22.3 Å². The molecule has 1 aromatic carbocycles. The highest BCUT2D eigenvalue weighted by Crippen LogP contribution is 2.45. The third-order valence-electron chi connectivity index (χ3n) is 7.97. The second kappa shape index (κ2) is 8.84. The van der Waals surface area contributed by atoms with E-state index in [2.05, 4.69) is 5.32 Å². The zero-order valence-electron chi connectivity index (χ0n) is 20.6. The molecule has 0 radical (unpaired) electrons. The Morgan fingerprint density at radius 1 is 1.34 bits per heavy atom. The number of carbonyl (C=O) groups excluding carboxylic acids is 2. The van der Waals surface area contributed by atoms with Crippen LogP contribution in [0.4, 0.5) is 4.39 Å². The van der Waals surface area contributed by atoms with Crippen LogP contribution in [0.2, 0.25) is 0 Å². The number of cyclic esters (lactones) is 1. The van der Waals surface area contributed by atoms with Gasteiger partial charge in [-0.05, 0) is 48.9 Å². The van der Waals surface area contributed by atoms with Crippen LogP contribution in [-0.4, -0.2) is 33.1 Å². The van der Waals surface area contributed by atoms with Crippen molar-refractivity contribution in [1.29, 1.82) is 0 Å². The number of aliphatic hydroxyl groups is 1. The van der Waals surface area contributed by atoms with Gasteiger partial charge < -0.3 is 19.7 Å². The number of fused-ring (bicyclic) bond motifs is 5. The van der Waals surface area contributed by atoms with E-state index in [9.17, 15) is 23.9 Å². The Balaban J connectivity index is 1.60. The molecule has 1 aliphatic carbocycles. The van der Waals surface area contributed by atoms with Gasteiger partial charge in [-0.2, -0.15) is 0 Å². The summed E-state index contributed by atoms with van der Waals surface area (Å²) in [6, 6.07) is 2.52. The Morgan fingerprint density at radius 3 is 2.87 bits per heavy atom. The van der Waals surface area contributed by atoms with Crippen LogP contribution < -0.4 is 15.9 Å². The van der Waals surface area contributed by atoms with Crippen LogP contribution in [0.1, 0.15) is 59.2 Å². The number of esters is 1. The molecule has 10 nitrogen and oxygen atoms in total. The number of halogens is 2. The number of rotatable bonds is 5. The lowest BCUT2D eigenvalue weighted by Crippen LogP contribution is -2.44. The van der Waals surface area contributed by atoms with Gasteiger partial charge in [-0.3, -0.25) is 14.4 Å². The molecule has 6 rings (SSSR count). The third-order valence-corrected chi connectivity index (χ3v) is 8.08. The number of pyridine rings is 2. The van der Waals surface area contributed by atoms with Gasteiger partial charge in [0.05, 0.1) is 35.1 Å². The molecule has 2 atom stereocenters. The summed E-state index contributed by atoms with van der Waals surface area (Å²) in [4.78, 5) is 50.2. The molecule has 3 aliphatic rings. The van der Waals surface area contributed by atoms with Gasteiger partial charge in [0.15, 0.2) is 5.60 Å². The fourth-order valence-corrected chi connectivity index (χ4v) is 6.08. The fourth-order valence-electron chi connectivity index (χ4n) is 6.03. The summed E-state index contributed by atoms with van der Waals surface area (Å²) >= 11 is 5.31. The van der Waals surface area contributed by atoms with E-state index in [0.717, 1.165) is 22.1 Å². The molecule has 0 bridgehead atoms. The van der Waals surface area contributed by atoms with Crippen LogP contribution in [0.3, 0.4) is 0 Å². The maximum atomic E-state index is 14.9. The van der Waals surface area contributed by atoms with Crippen molar-refractivity contribution in [3.05, 3.63) is 61.7 Å². The van der Waals surface area contributed by atoms with E-state index < -0.39 is 29.1 Å². The van der Waals surface area contributed by atoms with Crippen LogP contribution in [0, 0.1) is 12.7 Å². The minimum atomic E-state index is -1.96. The monoisotopic (exact) mass is 542 g/mol. The highest BCUT2D eigenvalue weighted by atomic mass is 35.5. The lowest BCUT2D eigenvalue weighted by Gasteiger charge is -2.31. The Bertz CT molecular complexity index is 1620. The largest absolute Gasteiger partial charge is 0.458 e. The van der Waals surface area contributed by atoms with Crippen molar-refractivity contribution in [3.8, 4) is 11.4 Å². The topological polar surface area (TPSA) is 132 Å². The number of hydrogen-bond donors (Lipinski definition) is 3. The van der Waals surface area contributed by atoms with Crippen molar-refractivity contribution in [3.63, 3.8) is 0 Å². The molecule has 198 valence electrons. The molecule has 12 heteroatoms. The molecular weight excluding hydrogens is 519 g/mol. The standard InChI is InChI=1S/C26H24ClFN4O6/c1-3-26(36)15-6-19-23-13(8-32(19)24(34)14(15)9-37-25(26)35)22-17(29-20(33)10-38-31-27)5-4-12-11(2)16(28)7-18(30-23)21(12)22/h6-7,17,31,36H,3-5,8-10H2,1-2H3,(H,29,33)/t17-,26-/m0/s1. The third kappa shape index (κ3) is 3.42. The van der Waals surface area contributed by atoms with Crippen molar-refractivity contribution < 1.29 is 28.7 Å². The van der Waals surface area contributed by atoms with Crippen LogP contribution in [0.15, 0.2) is 16.9 Å². The first-order valence-corrected chi connectivity index (χ1v) is 12.7. The van der Waals surface area contributed by atoms with E-state index >= 15 is 0 Å². The number of ether oxygens (including phenoxy) is 1. The first kappa shape index (κ1) is 24.9. The summed E-state index contributed by atoms with van der Waals surface area (Å²) in [7, 11) is 0. The van der Waals surface area contributed by atoms with Crippen molar-refractivity contribution in [2.75, 3.05) is 6.61 Å². The van der Waals surface area contributed by atoms with Gasteiger partial charge in [-0.1, -0.05) is 6.92 Å². The summed E-state index contributed by atoms with van der Waals surface area (Å²) in [5.41, 5.74) is 2.13. The van der Waals surface area contributed by atoms with E-state index in [1.54, 1.807) is 19.9 Å². The molecule has 4 heterocycles. The highest BCUT2D eigenvalue weighted by molar-refractivity contribution is 6.12. The molecule has 0 unspecified atom stereocenters. The molecule has 0 saturated carbocycles. The average Bonchev–Trinajstić information content (AvgIpc) is 3.27. The Labute approximate surface area is 220 Å². The van der Waals surface area contributed by atoms with E-state index in [1.165, 1.54) is 10.6 Å². The number of aryl methyl sites for hydroxylation is 1. The molecule has 0 spiro atoms. The van der Waals surface area contributed by atoms with Crippen LogP contribution in [-0.2, 0) is 44.3 Å². The summed E-state index contributed by atoms with van der Waals surface area (Å²) in [5, 5.41) is 14.9. The maximum Gasteiger partial charge on any atom is 0.343 e. The Kier molecular flexibility index (Phi) is 5.80. The quantitative estimate of drug-likeness (QED) is 0.199. The first-order valence-electron chi connectivity index (χ1n) is 12.3. The zero-order chi connectivity index (χ0) is 26.9. The lowest BCUT2D eigenvalue weighted by atomic mass is 9.81. The van der Waals surface area contributed by atoms with Crippen LogP contribution >= 0.6 is 11.8 Å². The predicted molar refractivity (Wildman–Crippen MR) is 133 cm³/mol. The number of nitrogens with one attached hydrogen (secondary N) is 2. The molecule has 2 aromatic heterocycles. The van der Waals surface area contributed by atoms with Crippen molar-refractivity contribution in [2.45, 2.75) is 57.9 Å². The number of hydrogen-bond acceptors (Lipinski definition) is 8. The van der Waals surface area contributed by atoms with Gasteiger partial charge in [-0.15, -0.1) is 5.00 Å². The molecule has 3 aromatic rings. The number of aromatic nitrogens is 2. The summed E-state index contributed by atoms with van der Waals surface area (Å²) in [6.07, 6.45) is 1.05. The van der Waals surface area contributed by atoms with E-state index in [-0.39, 0.29) is 43.1 Å². The highest BCUT2D eigenvalue weighted by Gasteiger charge is 2.46. The van der Waals surface area contributed by atoms with Crippen molar-refractivity contribution in [1.82, 2.24) is 19.9 Å². The van der Waals surface area contributed by atoms with E-state index in [4.69, 9.17) is 26.3 Å². The summed E-state index contributed by atoms with van der Waals surface area (Å²) in [6.45, 7) is 2.96. The molecule has 38 heavy (non-hydrogen) atoms. The van der Waals surface area contributed by atoms with Gasteiger partial charge in [0.1, 0.15) is 19.0 Å². The van der Waals surface area contributed by atoms with Crippen molar-refractivity contribution >= 4 is 34.6 Å². The normalized spacial score (nSPS) is 21.1. The van der Waals surface area contributed by atoms with Gasteiger partial charge in [0.2, 0.25) is 5.91 Å². The Hall–Kier alpha value is -3.38. The van der Waals surface area contributed by atoms with Gasteiger partial charge in [0.25, 0.3) is 5.56 Å². The minimum absolute atomic E-state index is 0.0200. The fraction of sp³-hybridized carbons (Fsp3) is 0.385. The lowest BCUT2D eigenvalue weighted by molar-refractivity contribution is -0.172. The molecular formula is C26H24ClFN4O6. The van der Waals surface area contributed by atoms with Gasteiger partial charge in [0, 0.05) is 34.4 Å². The van der Waals surface area contributed by atoms with E-state index in [0.29, 0.717) is 35.3 Å². The summed E-state index contributed by atoms with van der Waals surface area (Å²) < 4.78 is 21.6. The predicted octanol–water partition coefficient (Wildman–Crippen LogP) is 2.31. The van der Waals surface area contributed by atoms with Gasteiger partial charge in [-0.25, -0.2) is 14.2 Å². The van der Waals surface area contributed by atoms with Crippen LogP contribution in [0.5, 0.6) is 0 Å². The second-order valence-electron chi connectivity index (χ2n) is 9.84. The molecule has 2 aliphatic heterocycles. The average molecular weight is 543 g/mol. The van der Waals surface area contributed by atoms with Gasteiger partial charge >= 0.3 is 5.97 Å². The SMILES string of the molecule is CC[C@@]1(O)C(=O)OCc2c1cc1n(c2=O)Cc2c-1nc1cc(F)c(C)c3c1c2[C@@H](NC(=O)CONCl)CC3. The summed E-state index contributed by atoms with van der Waals surface area (Å²) in [5.74, 6) is -1.61. The second-order valence-corrected chi connectivity index (χ2v) is 9.99. The minimum Gasteiger partial charge on any atom is -0.458 e. The zero-order valence-corrected chi connectivity index (χ0v) is 21.4. The maximum absolute atomic E-state index is 14.9. The molecule has 0 fully saturated rings. The molecule has 3 N–H and O–H groups in total. The molecule has 0 saturated heterocycles. The molecule has 1 amide bonds. The number of benzene rings is 1. The number of amides is 1. The number of nitrogens with zero attached hydrogens (tertiary/aromatic N) is 2. The van der Waals surface area contributed by atoms with E-state index in [1.807, 2.05) is 5.00 Å². The number of carbonyl (C=O) groups is 2.